The summed E-state index contributed by atoms with van der Waals surface area (Å²) in [5.74, 6) is 2.20. The Hall–Kier alpha value is -2.95. The third-order valence-electron chi connectivity index (χ3n) is 3.26. The Morgan fingerprint density at radius 1 is 1.08 bits per heavy atom. The molecule has 0 saturated carbocycles. The summed E-state index contributed by atoms with van der Waals surface area (Å²) in [4.78, 5) is 0. The standard InChI is InChI=1S/C19H22N2O3/c1-4-10-24-17-7-5-6-15(11-17)13-20-21-14-16-8-9-18(22-2)19(12-16)23-3/h4-9,11-13,21H,1,10,14H2,2-3H3/b20-13-. The summed E-state index contributed by atoms with van der Waals surface area (Å²) in [6, 6.07) is 13.5. The molecule has 0 fully saturated rings. The van der Waals surface area contributed by atoms with E-state index in [0.717, 1.165) is 16.9 Å². The third kappa shape index (κ3) is 5.05. The van der Waals surface area contributed by atoms with E-state index in [4.69, 9.17) is 14.2 Å². The fourth-order valence-corrected chi connectivity index (χ4v) is 2.09. The van der Waals surface area contributed by atoms with Gasteiger partial charge in [0, 0.05) is 0 Å². The van der Waals surface area contributed by atoms with Gasteiger partial charge in [0.25, 0.3) is 0 Å². The molecule has 0 aliphatic rings. The Bertz CT molecular complexity index is 699. The highest BCUT2D eigenvalue weighted by atomic mass is 16.5. The molecule has 0 aliphatic carbocycles. The van der Waals surface area contributed by atoms with Crippen molar-refractivity contribution in [1.82, 2.24) is 5.43 Å². The van der Waals surface area contributed by atoms with Gasteiger partial charge in [-0.3, -0.25) is 0 Å². The second-order valence-electron chi connectivity index (χ2n) is 4.95. The van der Waals surface area contributed by atoms with Crippen molar-refractivity contribution in [1.29, 1.82) is 0 Å². The maximum atomic E-state index is 5.49. The Morgan fingerprint density at radius 2 is 1.92 bits per heavy atom. The molecule has 0 bridgehead atoms. The van der Waals surface area contributed by atoms with Crippen molar-refractivity contribution in [2.75, 3.05) is 20.8 Å². The lowest BCUT2D eigenvalue weighted by Crippen LogP contribution is -2.06. The predicted molar refractivity (Wildman–Crippen MR) is 96.1 cm³/mol. The van der Waals surface area contributed by atoms with E-state index >= 15 is 0 Å². The molecular formula is C19H22N2O3. The van der Waals surface area contributed by atoms with E-state index in [-0.39, 0.29) is 0 Å². The van der Waals surface area contributed by atoms with Crippen LogP contribution in [-0.2, 0) is 6.54 Å². The van der Waals surface area contributed by atoms with Crippen LogP contribution in [0.3, 0.4) is 0 Å². The van der Waals surface area contributed by atoms with Crippen molar-refractivity contribution in [3.05, 3.63) is 66.2 Å². The minimum absolute atomic E-state index is 0.484. The van der Waals surface area contributed by atoms with Gasteiger partial charge in [-0.1, -0.05) is 30.9 Å². The average molecular weight is 326 g/mol. The molecule has 2 aromatic carbocycles. The summed E-state index contributed by atoms with van der Waals surface area (Å²) in [6.07, 6.45) is 3.47. The first-order chi connectivity index (χ1) is 11.8. The van der Waals surface area contributed by atoms with E-state index < -0.39 is 0 Å². The number of hydrogen-bond donors (Lipinski definition) is 1. The van der Waals surface area contributed by atoms with Gasteiger partial charge in [0.05, 0.1) is 27.0 Å². The first kappa shape index (κ1) is 17.4. The molecule has 126 valence electrons. The fraction of sp³-hybridized carbons (Fsp3) is 0.211. The maximum absolute atomic E-state index is 5.49. The van der Waals surface area contributed by atoms with Crippen molar-refractivity contribution in [3.8, 4) is 17.2 Å². The quantitative estimate of drug-likeness (QED) is 0.436. The number of hydrazone groups is 1. The van der Waals surface area contributed by atoms with Crippen LogP contribution in [0.25, 0.3) is 0 Å². The van der Waals surface area contributed by atoms with E-state index in [9.17, 15) is 0 Å². The molecule has 0 amide bonds. The van der Waals surface area contributed by atoms with Crippen LogP contribution in [0.5, 0.6) is 17.2 Å². The largest absolute Gasteiger partial charge is 0.493 e. The number of nitrogens with zero attached hydrogens (tertiary/aromatic N) is 1. The second-order valence-corrected chi connectivity index (χ2v) is 4.95. The van der Waals surface area contributed by atoms with Crippen LogP contribution in [0.1, 0.15) is 11.1 Å². The zero-order valence-corrected chi connectivity index (χ0v) is 14.0. The first-order valence-corrected chi connectivity index (χ1v) is 7.57. The molecule has 0 aliphatic heterocycles. The topological polar surface area (TPSA) is 52.1 Å². The van der Waals surface area contributed by atoms with Crippen LogP contribution >= 0.6 is 0 Å². The SMILES string of the molecule is C=CCOc1cccc(/C=N\NCc2ccc(OC)c(OC)c2)c1. The number of methoxy groups -OCH3 is 2. The van der Waals surface area contributed by atoms with Gasteiger partial charge in [0.2, 0.25) is 0 Å². The number of hydrogen-bond acceptors (Lipinski definition) is 5. The Labute approximate surface area is 142 Å². The lowest BCUT2D eigenvalue weighted by molar-refractivity contribution is 0.354. The molecule has 0 atom stereocenters. The molecule has 0 heterocycles. The smallest absolute Gasteiger partial charge is 0.161 e. The molecular weight excluding hydrogens is 304 g/mol. The molecule has 5 nitrogen and oxygen atoms in total. The number of rotatable bonds is 9. The van der Waals surface area contributed by atoms with Gasteiger partial charge in [0.1, 0.15) is 12.4 Å². The summed E-state index contributed by atoms with van der Waals surface area (Å²) in [5.41, 5.74) is 5.02. The van der Waals surface area contributed by atoms with Crippen LogP contribution < -0.4 is 19.6 Å². The minimum Gasteiger partial charge on any atom is -0.493 e. The summed E-state index contributed by atoms with van der Waals surface area (Å²) in [7, 11) is 3.24. The molecule has 0 spiro atoms. The first-order valence-electron chi connectivity index (χ1n) is 7.57. The van der Waals surface area contributed by atoms with Gasteiger partial charge in [0.15, 0.2) is 11.5 Å². The van der Waals surface area contributed by atoms with E-state index in [1.165, 1.54) is 0 Å². The van der Waals surface area contributed by atoms with Crippen LogP contribution in [0.15, 0.2) is 60.2 Å². The van der Waals surface area contributed by atoms with Crippen molar-refractivity contribution in [3.63, 3.8) is 0 Å². The molecule has 24 heavy (non-hydrogen) atoms. The highest BCUT2D eigenvalue weighted by Gasteiger charge is 2.03. The molecule has 0 radical (unpaired) electrons. The van der Waals surface area contributed by atoms with Crippen molar-refractivity contribution in [2.45, 2.75) is 6.54 Å². The molecule has 5 heteroatoms. The average Bonchev–Trinajstić information content (AvgIpc) is 2.63. The summed E-state index contributed by atoms with van der Waals surface area (Å²) in [5, 5.41) is 4.23. The summed E-state index contributed by atoms with van der Waals surface area (Å²) >= 11 is 0. The third-order valence-corrected chi connectivity index (χ3v) is 3.26. The fourth-order valence-electron chi connectivity index (χ4n) is 2.09. The van der Waals surface area contributed by atoms with Crippen LogP contribution in [0.4, 0.5) is 0 Å². The Balaban J connectivity index is 1.91. The van der Waals surface area contributed by atoms with E-state index in [2.05, 4.69) is 17.1 Å². The lowest BCUT2D eigenvalue weighted by Gasteiger charge is -2.09. The Morgan fingerprint density at radius 3 is 2.67 bits per heavy atom. The molecule has 2 rings (SSSR count). The highest BCUT2D eigenvalue weighted by Crippen LogP contribution is 2.27. The van der Waals surface area contributed by atoms with Gasteiger partial charge in [-0.2, -0.15) is 5.10 Å². The lowest BCUT2D eigenvalue weighted by atomic mass is 10.2. The van der Waals surface area contributed by atoms with Gasteiger partial charge in [-0.25, -0.2) is 0 Å². The van der Waals surface area contributed by atoms with Crippen LogP contribution in [0.2, 0.25) is 0 Å². The van der Waals surface area contributed by atoms with Gasteiger partial charge < -0.3 is 19.6 Å². The van der Waals surface area contributed by atoms with E-state index in [1.54, 1.807) is 26.5 Å². The molecule has 2 aromatic rings. The molecule has 0 unspecified atom stereocenters. The predicted octanol–water partition coefficient (Wildman–Crippen LogP) is 3.39. The van der Waals surface area contributed by atoms with Crippen LogP contribution in [-0.4, -0.2) is 27.0 Å². The molecule has 1 N–H and O–H groups in total. The zero-order chi connectivity index (χ0) is 17.2. The van der Waals surface area contributed by atoms with Crippen molar-refractivity contribution in [2.24, 2.45) is 5.10 Å². The zero-order valence-electron chi connectivity index (χ0n) is 14.0. The van der Waals surface area contributed by atoms with Gasteiger partial charge in [-0.15, -0.1) is 0 Å². The number of nitrogens with one attached hydrogen (secondary N) is 1. The molecule has 0 aromatic heterocycles. The summed E-state index contributed by atoms with van der Waals surface area (Å²) in [6.45, 7) is 4.70. The minimum atomic E-state index is 0.484. The number of ether oxygens (including phenoxy) is 3. The van der Waals surface area contributed by atoms with Crippen molar-refractivity contribution < 1.29 is 14.2 Å². The van der Waals surface area contributed by atoms with Crippen LogP contribution in [0, 0.1) is 0 Å². The monoisotopic (exact) mass is 326 g/mol. The second kappa shape index (κ2) is 9.25. The molecule has 0 saturated heterocycles. The van der Waals surface area contributed by atoms with E-state index in [0.29, 0.717) is 24.7 Å². The maximum Gasteiger partial charge on any atom is 0.161 e. The van der Waals surface area contributed by atoms with Crippen molar-refractivity contribution >= 4 is 6.21 Å². The van der Waals surface area contributed by atoms with E-state index in [1.807, 2.05) is 42.5 Å². The normalized spacial score (nSPS) is 10.4. The highest BCUT2D eigenvalue weighted by molar-refractivity contribution is 5.79. The van der Waals surface area contributed by atoms with Gasteiger partial charge >= 0.3 is 0 Å². The Kier molecular flexibility index (Phi) is 6.71. The number of benzene rings is 2. The summed E-state index contributed by atoms with van der Waals surface area (Å²) < 4.78 is 16.0. The van der Waals surface area contributed by atoms with Gasteiger partial charge in [-0.05, 0) is 35.4 Å².